The van der Waals surface area contributed by atoms with Gasteiger partial charge in [-0.05, 0) is 52.7 Å². The second kappa shape index (κ2) is 7.73. The third-order valence-electron chi connectivity index (χ3n) is 2.62. The highest BCUT2D eigenvalue weighted by atomic mass is 79.9. The second-order valence-electron chi connectivity index (χ2n) is 4.34. The Morgan fingerprint density at radius 1 is 1.32 bits per heavy atom. The molecular weight excluding hydrogens is 392 g/mol. The van der Waals surface area contributed by atoms with E-state index in [-0.39, 0.29) is 6.61 Å². The van der Waals surface area contributed by atoms with Gasteiger partial charge in [0.05, 0.1) is 8.66 Å². The summed E-state index contributed by atoms with van der Waals surface area (Å²) in [5.41, 5.74) is 3.70. The van der Waals surface area contributed by atoms with E-state index in [1.54, 1.807) is 30.3 Å². The van der Waals surface area contributed by atoms with Gasteiger partial charge in [-0.2, -0.15) is 0 Å². The third-order valence-corrected chi connectivity index (χ3v) is 4.65. The average Bonchev–Trinajstić information content (AvgIpc) is 2.89. The van der Waals surface area contributed by atoms with Crippen molar-refractivity contribution in [2.75, 3.05) is 11.9 Å². The van der Waals surface area contributed by atoms with Crippen molar-refractivity contribution in [1.29, 1.82) is 0 Å². The molecule has 0 spiro atoms. The number of hydrogen-bond donors (Lipinski definition) is 2. The van der Waals surface area contributed by atoms with Crippen molar-refractivity contribution in [1.82, 2.24) is 5.48 Å². The number of halogens is 2. The standard InChI is InChI=1S/C14H12BrClN2O3S/c1-8-2-3-9(6-10(8)16)17-13(19)7-21-18-14(20)11-4-5-12(15)22-11/h2-6H,7H2,1H3,(H,17,19)(H,18,20). The maximum absolute atomic E-state index is 11.7. The molecule has 0 saturated heterocycles. The maximum atomic E-state index is 11.7. The maximum Gasteiger partial charge on any atom is 0.284 e. The van der Waals surface area contributed by atoms with Crippen LogP contribution in [0.5, 0.6) is 0 Å². The van der Waals surface area contributed by atoms with E-state index in [4.69, 9.17) is 16.4 Å². The van der Waals surface area contributed by atoms with Crippen molar-refractivity contribution in [3.8, 4) is 0 Å². The highest BCUT2D eigenvalue weighted by Gasteiger charge is 2.10. The molecule has 1 heterocycles. The van der Waals surface area contributed by atoms with Crippen molar-refractivity contribution in [3.05, 3.63) is 49.6 Å². The SMILES string of the molecule is Cc1ccc(NC(=O)CONC(=O)c2ccc(Br)s2)cc1Cl. The molecule has 0 atom stereocenters. The van der Waals surface area contributed by atoms with Gasteiger partial charge in [0.2, 0.25) is 0 Å². The van der Waals surface area contributed by atoms with Crippen LogP contribution in [-0.4, -0.2) is 18.4 Å². The van der Waals surface area contributed by atoms with Crippen LogP contribution >= 0.6 is 38.9 Å². The largest absolute Gasteiger partial charge is 0.324 e. The first-order chi connectivity index (χ1) is 10.5. The fourth-order valence-corrected chi connectivity index (χ4v) is 2.97. The van der Waals surface area contributed by atoms with E-state index < -0.39 is 11.8 Å². The van der Waals surface area contributed by atoms with Crippen molar-refractivity contribution >= 4 is 56.4 Å². The van der Waals surface area contributed by atoms with Gasteiger partial charge >= 0.3 is 0 Å². The molecule has 0 aliphatic rings. The minimum Gasteiger partial charge on any atom is -0.324 e. The van der Waals surface area contributed by atoms with Crippen LogP contribution in [0.3, 0.4) is 0 Å². The Morgan fingerprint density at radius 2 is 2.09 bits per heavy atom. The minimum absolute atomic E-state index is 0.302. The smallest absolute Gasteiger partial charge is 0.284 e. The molecule has 2 N–H and O–H groups in total. The monoisotopic (exact) mass is 402 g/mol. The Kier molecular flexibility index (Phi) is 5.96. The molecule has 0 fully saturated rings. The summed E-state index contributed by atoms with van der Waals surface area (Å²) in [5.74, 6) is -0.797. The zero-order chi connectivity index (χ0) is 16.1. The van der Waals surface area contributed by atoms with Gasteiger partial charge in [0.15, 0.2) is 6.61 Å². The molecule has 0 aliphatic carbocycles. The Labute approximate surface area is 144 Å². The molecule has 22 heavy (non-hydrogen) atoms. The van der Waals surface area contributed by atoms with Gasteiger partial charge in [0, 0.05) is 10.7 Å². The predicted octanol–water partition coefficient (Wildman–Crippen LogP) is 3.77. The number of benzene rings is 1. The summed E-state index contributed by atoms with van der Waals surface area (Å²) in [6, 6.07) is 8.60. The number of carbonyl (C=O) groups excluding carboxylic acids is 2. The lowest BCUT2D eigenvalue weighted by molar-refractivity contribution is -0.122. The molecule has 1 aromatic carbocycles. The molecule has 5 nitrogen and oxygen atoms in total. The molecule has 0 unspecified atom stereocenters. The number of nitrogens with one attached hydrogen (secondary N) is 2. The van der Waals surface area contributed by atoms with Gasteiger partial charge in [-0.3, -0.25) is 14.4 Å². The Morgan fingerprint density at radius 3 is 2.73 bits per heavy atom. The van der Waals surface area contributed by atoms with Crippen molar-refractivity contribution in [2.24, 2.45) is 0 Å². The second-order valence-corrected chi connectivity index (χ2v) is 7.21. The lowest BCUT2D eigenvalue weighted by atomic mass is 10.2. The summed E-state index contributed by atoms with van der Waals surface area (Å²) in [6.45, 7) is 1.57. The molecule has 2 amide bonds. The summed E-state index contributed by atoms with van der Waals surface area (Å²) < 4.78 is 0.839. The van der Waals surface area contributed by atoms with Crippen LogP contribution < -0.4 is 10.8 Å². The minimum atomic E-state index is -0.401. The molecule has 1 aromatic heterocycles. The van der Waals surface area contributed by atoms with Crippen LogP contribution in [-0.2, 0) is 9.63 Å². The van der Waals surface area contributed by atoms with Crippen LogP contribution in [0.2, 0.25) is 5.02 Å². The summed E-state index contributed by atoms with van der Waals surface area (Å²) in [7, 11) is 0. The molecular formula is C14H12BrClN2O3S. The molecule has 0 saturated carbocycles. The highest BCUT2D eigenvalue weighted by molar-refractivity contribution is 9.11. The number of rotatable bonds is 5. The normalized spacial score (nSPS) is 10.3. The summed E-state index contributed by atoms with van der Waals surface area (Å²) in [6.07, 6.45) is 0. The molecule has 2 rings (SSSR count). The van der Waals surface area contributed by atoms with Gasteiger partial charge in [-0.15, -0.1) is 11.3 Å². The number of hydroxylamine groups is 1. The van der Waals surface area contributed by atoms with Crippen LogP contribution in [0.25, 0.3) is 0 Å². The van der Waals surface area contributed by atoms with Gasteiger partial charge < -0.3 is 5.32 Å². The van der Waals surface area contributed by atoms with Gasteiger partial charge in [0.25, 0.3) is 11.8 Å². The van der Waals surface area contributed by atoms with E-state index in [2.05, 4.69) is 26.7 Å². The number of aryl methyl sites for hydroxylation is 1. The topological polar surface area (TPSA) is 67.4 Å². The number of hydrogen-bond acceptors (Lipinski definition) is 4. The zero-order valence-electron chi connectivity index (χ0n) is 11.5. The number of amides is 2. The van der Waals surface area contributed by atoms with Crippen LogP contribution in [0.15, 0.2) is 34.1 Å². The Hall–Kier alpha value is -1.41. The third kappa shape index (κ3) is 4.81. The fraction of sp³-hybridized carbons (Fsp3) is 0.143. The summed E-state index contributed by atoms with van der Waals surface area (Å²) in [4.78, 5) is 28.8. The van der Waals surface area contributed by atoms with E-state index in [0.717, 1.165) is 9.35 Å². The van der Waals surface area contributed by atoms with Crippen LogP contribution in [0.1, 0.15) is 15.2 Å². The van der Waals surface area contributed by atoms with E-state index in [1.807, 2.05) is 6.92 Å². The molecule has 2 aromatic rings. The van der Waals surface area contributed by atoms with E-state index in [9.17, 15) is 9.59 Å². The molecule has 116 valence electrons. The van der Waals surface area contributed by atoms with Crippen molar-refractivity contribution in [3.63, 3.8) is 0 Å². The van der Waals surface area contributed by atoms with Gasteiger partial charge in [0.1, 0.15) is 0 Å². The molecule has 0 bridgehead atoms. The summed E-state index contributed by atoms with van der Waals surface area (Å²) >= 11 is 10.5. The van der Waals surface area contributed by atoms with E-state index in [1.165, 1.54) is 11.3 Å². The summed E-state index contributed by atoms with van der Waals surface area (Å²) in [5, 5.41) is 3.19. The predicted molar refractivity (Wildman–Crippen MR) is 90.3 cm³/mol. The molecule has 0 radical (unpaired) electrons. The number of thiophene rings is 1. The first-order valence-electron chi connectivity index (χ1n) is 6.19. The van der Waals surface area contributed by atoms with Crippen LogP contribution in [0.4, 0.5) is 5.69 Å². The first kappa shape index (κ1) is 17.0. The van der Waals surface area contributed by atoms with Crippen molar-refractivity contribution in [2.45, 2.75) is 6.92 Å². The van der Waals surface area contributed by atoms with Crippen LogP contribution in [0, 0.1) is 6.92 Å². The first-order valence-corrected chi connectivity index (χ1v) is 8.18. The number of carbonyl (C=O) groups is 2. The van der Waals surface area contributed by atoms with E-state index in [0.29, 0.717) is 15.6 Å². The van der Waals surface area contributed by atoms with Crippen molar-refractivity contribution < 1.29 is 14.4 Å². The molecule has 8 heteroatoms. The average molecular weight is 404 g/mol. The Bertz CT molecular complexity index is 705. The van der Waals surface area contributed by atoms with Gasteiger partial charge in [-0.1, -0.05) is 17.7 Å². The zero-order valence-corrected chi connectivity index (χ0v) is 14.6. The lowest BCUT2D eigenvalue weighted by Crippen LogP contribution is -2.28. The quantitative estimate of drug-likeness (QED) is 0.747. The van der Waals surface area contributed by atoms with Gasteiger partial charge in [-0.25, -0.2) is 5.48 Å². The Balaban J connectivity index is 1.78. The lowest BCUT2D eigenvalue weighted by Gasteiger charge is -2.07. The number of anilines is 1. The highest BCUT2D eigenvalue weighted by Crippen LogP contribution is 2.22. The molecule has 0 aliphatic heterocycles. The van der Waals surface area contributed by atoms with E-state index >= 15 is 0 Å². The fourth-order valence-electron chi connectivity index (χ4n) is 1.52.